The Bertz CT molecular complexity index is 284. The summed E-state index contributed by atoms with van der Waals surface area (Å²) >= 11 is 1.91. The van der Waals surface area contributed by atoms with Crippen molar-refractivity contribution in [1.29, 1.82) is 0 Å². The second-order valence-corrected chi connectivity index (χ2v) is 4.63. The molecule has 4 nitrogen and oxygen atoms in total. The molecule has 0 bridgehead atoms. The Morgan fingerprint density at radius 1 is 1.71 bits per heavy atom. The molecule has 0 radical (unpaired) electrons. The average Bonchev–Trinajstić information content (AvgIpc) is 2.42. The normalized spacial score (nSPS) is 12.8. The Balaban J connectivity index is 2.47. The number of nitrogen functional groups attached to an aromatic ring is 1. The summed E-state index contributed by atoms with van der Waals surface area (Å²) in [4.78, 5) is 0. The van der Waals surface area contributed by atoms with Crippen LogP contribution < -0.4 is 11.1 Å². The third-order valence-corrected chi connectivity index (χ3v) is 2.96. The molecule has 0 spiro atoms. The zero-order valence-corrected chi connectivity index (χ0v) is 9.77. The summed E-state index contributed by atoms with van der Waals surface area (Å²) in [5.74, 6) is 3.01. The summed E-state index contributed by atoms with van der Waals surface area (Å²) in [5.41, 5.74) is 6.47. The molecule has 1 unspecified atom stereocenters. The first-order valence-corrected chi connectivity index (χ1v) is 5.92. The van der Waals surface area contributed by atoms with Gasteiger partial charge in [0.2, 0.25) is 0 Å². The van der Waals surface area contributed by atoms with Gasteiger partial charge in [0.05, 0.1) is 5.69 Å². The van der Waals surface area contributed by atoms with Gasteiger partial charge in [-0.2, -0.15) is 16.9 Å². The Morgan fingerprint density at radius 3 is 2.93 bits per heavy atom. The molecule has 0 aliphatic rings. The highest BCUT2D eigenvalue weighted by Crippen LogP contribution is 2.16. The molecule has 0 aliphatic carbocycles. The van der Waals surface area contributed by atoms with Gasteiger partial charge in [0, 0.05) is 25.0 Å². The van der Waals surface area contributed by atoms with Crippen LogP contribution >= 0.6 is 11.8 Å². The predicted molar refractivity (Wildman–Crippen MR) is 63.7 cm³/mol. The van der Waals surface area contributed by atoms with Gasteiger partial charge in [0.1, 0.15) is 0 Å². The zero-order valence-electron chi connectivity index (χ0n) is 8.95. The van der Waals surface area contributed by atoms with E-state index in [1.807, 2.05) is 25.0 Å². The van der Waals surface area contributed by atoms with E-state index in [0.717, 1.165) is 17.3 Å². The number of thioether (sulfide) groups is 1. The molecule has 1 aromatic heterocycles. The first-order valence-electron chi connectivity index (χ1n) is 4.77. The lowest BCUT2D eigenvalue weighted by molar-refractivity contribution is 0.762. The Morgan fingerprint density at radius 2 is 2.43 bits per heavy atom. The molecular formula is C9H18N4S. The van der Waals surface area contributed by atoms with Crippen molar-refractivity contribution in [1.82, 2.24) is 9.78 Å². The number of aromatic nitrogens is 2. The van der Waals surface area contributed by atoms with Crippen LogP contribution in [0.4, 0.5) is 11.5 Å². The van der Waals surface area contributed by atoms with E-state index in [9.17, 15) is 0 Å². The third-order valence-electron chi connectivity index (χ3n) is 1.81. The molecule has 0 saturated carbocycles. The van der Waals surface area contributed by atoms with Crippen LogP contribution in [0.3, 0.4) is 0 Å². The number of nitrogens with zero attached hydrogens (tertiary/aromatic N) is 2. The van der Waals surface area contributed by atoms with Crippen molar-refractivity contribution in [3.05, 3.63) is 6.20 Å². The Hall–Kier alpha value is -0.840. The quantitative estimate of drug-likeness (QED) is 0.781. The first-order chi connectivity index (χ1) is 6.63. The van der Waals surface area contributed by atoms with Crippen molar-refractivity contribution >= 4 is 23.3 Å². The fraction of sp³-hybridized carbons (Fsp3) is 0.667. The van der Waals surface area contributed by atoms with Crippen molar-refractivity contribution < 1.29 is 0 Å². The van der Waals surface area contributed by atoms with E-state index in [1.54, 1.807) is 4.68 Å². The van der Waals surface area contributed by atoms with E-state index >= 15 is 0 Å². The number of hydrogen-bond donors (Lipinski definition) is 2. The lowest BCUT2D eigenvalue weighted by Crippen LogP contribution is -2.19. The lowest BCUT2D eigenvalue weighted by atomic mass is 10.4. The van der Waals surface area contributed by atoms with E-state index in [0.29, 0.717) is 11.7 Å². The van der Waals surface area contributed by atoms with Crippen molar-refractivity contribution in [2.75, 3.05) is 22.6 Å². The van der Waals surface area contributed by atoms with Gasteiger partial charge in [-0.15, -0.1) is 0 Å². The van der Waals surface area contributed by atoms with Gasteiger partial charge in [-0.3, -0.25) is 4.68 Å². The number of nitrogens with two attached hydrogens (primary N) is 1. The van der Waals surface area contributed by atoms with Crippen LogP contribution in [-0.2, 0) is 7.05 Å². The van der Waals surface area contributed by atoms with Gasteiger partial charge >= 0.3 is 0 Å². The van der Waals surface area contributed by atoms with E-state index < -0.39 is 0 Å². The third kappa shape index (κ3) is 3.14. The van der Waals surface area contributed by atoms with E-state index in [2.05, 4.69) is 24.3 Å². The standard InChI is InChI=1S/C9H18N4S/c1-4-14-6-7(2)11-9-8(10)5-13(3)12-9/h5,7H,4,6,10H2,1-3H3,(H,11,12). The molecule has 5 heteroatoms. The van der Waals surface area contributed by atoms with E-state index in [-0.39, 0.29) is 0 Å². The summed E-state index contributed by atoms with van der Waals surface area (Å²) < 4.78 is 1.72. The zero-order chi connectivity index (χ0) is 10.6. The average molecular weight is 214 g/mol. The molecule has 0 aromatic carbocycles. The molecule has 0 fully saturated rings. The molecule has 0 aliphatic heterocycles. The van der Waals surface area contributed by atoms with Crippen molar-refractivity contribution in [2.24, 2.45) is 7.05 Å². The molecule has 3 N–H and O–H groups in total. The minimum atomic E-state index is 0.400. The summed E-state index contributed by atoms with van der Waals surface area (Å²) in [7, 11) is 1.87. The highest BCUT2D eigenvalue weighted by atomic mass is 32.2. The predicted octanol–water partition coefficient (Wildman–Crippen LogP) is 1.56. The van der Waals surface area contributed by atoms with Gasteiger partial charge in [-0.1, -0.05) is 6.92 Å². The summed E-state index contributed by atoms with van der Waals surface area (Å²) in [6.07, 6.45) is 1.81. The maximum atomic E-state index is 5.77. The maximum absolute atomic E-state index is 5.77. The SMILES string of the molecule is CCSCC(C)Nc1nn(C)cc1N. The molecule has 0 saturated heterocycles. The van der Waals surface area contributed by atoms with Crippen LogP contribution in [-0.4, -0.2) is 27.3 Å². The number of nitrogens with one attached hydrogen (secondary N) is 1. The summed E-state index contributed by atoms with van der Waals surface area (Å²) in [6, 6.07) is 0.400. The van der Waals surface area contributed by atoms with Gasteiger partial charge in [0.15, 0.2) is 5.82 Å². The van der Waals surface area contributed by atoms with Crippen LogP contribution in [0.25, 0.3) is 0 Å². The number of anilines is 2. The molecule has 1 heterocycles. The van der Waals surface area contributed by atoms with E-state index in [4.69, 9.17) is 5.73 Å². The highest BCUT2D eigenvalue weighted by molar-refractivity contribution is 7.99. The van der Waals surface area contributed by atoms with Gasteiger partial charge in [0.25, 0.3) is 0 Å². The van der Waals surface area contributed by atoms with E-state index in [1.165, 1.54) is 0 Å². The van der Waals surface area contributed by atoms with Crippen LogP contribution in [0.5, 0.6) is 0 Å². The van der Waals surface area contributed by atoms with Crippen LogP contribution in [0.1, 0.15) is 13.8 Å². The first kappa shape index (κ1) is 11.2. The topological polar surface area (TPSA) is 55.9 Å². The van der Waals surface area contributed by atoms with Gasteiger partial charge in [-0.05, 0) is 12.7 Å². The summed E-state index contributed by atoms with van der Waals surface area (Å²) in [5, 5.41) is 7.52. The molecule has 1 aromatic rings. The fourth-order valence-corrected chi connectivity index (χ4v) is 1.86. The minimum Gasteiger partial charge on any atom is -0.394 e. The Kier molecular flexibility index (Phi) is 4.13. The van der Waals surface area contributed by atoms with Crippen molar-refractivity contribution in [2.45, 2.75) is 19.9 Å². The fourth-order valence-electron chi connectivity index (χ4n) is 1.19. The Labute approximate surface area is 89.2 Å². The molecule has 14 heavy (non-hydrogen) atoms. The monoisotopic (exact) mass is 214 g/mol. The minimum absolute atomic E-state index is 0.400. The second kappa shape index (κ2) is 5.14. The number of rotatable bonds is 5. The maximum Gasteiger partial charge on any atom is 0.171 e. The molecule has 80 valence electrons. The van der Waals surface area contributed by atoms with Crippen LogP contribution in [0, 0.1) is 0 Å². The second-order valence-electron chi connectivity index (χ2n) is 3.31. The smallest absolute Gasteiger partial charge is 0.171 e. The van der Waals surface area contributed by atoms with Crippen LogP contribution in [0.15, 0.2) is 6.20 Å². The molecular weight excluding hydrogens is 196 g/mol. The van der Waals surface area contributed by atoms with Gasteiger partial charge in [-0.25, -0.2) is 0 Å². The van der Waals surface area contributed by atoms with Crippen LogP contribution in [0.2, 0.25) is 0 Å². The lowest BCUT2D eigenvalue weighted by Gasteiger charge is -2.12. The largest absolute Gasteiger partial charge is 0.394 e. The summed E-state index contributed by atoms with van der Waals surface area (Å²) in [6.45, 7) is 4.29. The highest BCUT2D eigenvalue weighted by Gasteiger charge is 2.07. The number of hydrogen-bond acceptors (Lipinski definition) is 4. The number of aryl methyl sites for hydroxylation is 1. The molecule has 1 rings (SSSR count). The molecule has 0 amide bonds. The van der Waals surface area contributed by atoms with Gasteiger partial charge < -0.3 is 11.1 Å². The van der Waals surface area contributed by atoms with Crippen molar-refractivity contribution in [3.63, 3.8) is 0 Å². The molecule has 1 atom stereocenters. The van der Waals surface area contributed by atoms with Crippen molar-refractivity contribution in [3.8, 4) is 0 Å².